The first kappa shape index (κ1) is 5.42. The quantitative estimate of drug-likeness (QED) is 0.516. The lowest BCUT2D eigenvalue weighted by Gasteiger charge is -2.05. The van der Waals surface area contributed by atoms with E-state index in [-0.39, 0.29) is 0 Å². The van der Waals surface area contributed by atoms with E-state index in [1.54, 1.807) is 0 Å². The van der Waals surface area contributed by atoms with E-state index < -0.39 is 0 Å². The predicted octanol–water partition coefficient (Wildman–Crippen LogP) is 0.0695. The first-order valence-corrected chi connectivity index (χ1v) is 3.24. The van der Waals surface area contributed by atoms with Crippen molar-refractivity contribution in [1.29, 1.82) is 0 Å². The summed E-state index contributed by atoms with van der Waals surface area (Å²) in [5.41, 5.74) is 2.38. The zero-order valence-corrected chi connectivity index (χ0v) is 5.46. The Morgan fingerprint density at radius 3 is 2.30 bits per heavy atom. The van der Waals surface area contributed by atoms with Crippen molar-refractivity contribution >= 4 is 11.8 Å². The van der Waals surface area contributed by atoms with Gasteiger partial charge in [-0.1, -0.05) is 35.9 Å². The zero-order valence-electron chi connectivity index (χ0n) is 5.46. The second-order valence-corrected chi connectivity index (χ2v) is 2.19. The second kappa shape index (κ2) is 2.10. The molecule has 0 bridgehead atoms. The SMILES string of the molecule is [C-]1=[NH+]C=C1c1ccccc1. The van der Waals surface area contributed by atoms with Crippen molar-refractivity contribution < 1.29 is 4.99 Å². The van der Waals surface area contributed by atoms with E-state index in [0.29, 0.717) is 0 Å². The average molecular weight is 129 g/mol. The minimum absolute atomic E-state index is 1.15. The number of hydrogen-bond acceptors (Lipinski definition) is 0. The minimum Gasteiger partial charge on any atom is -0.294 e. The molecule has 0 atom stereocenters. The van der Waals surface area contributed by atoms with Gasteiger partial charge in [0.2, 0.25) is 0 Å². The van der Waals surface area contributed by atoms with Crippen molar-refractivity contribution in [2.45, 2.75) is 0 Å². The molecule has 10 heavy (non-hydrogen) atoms. The average Bonchev–Trinajstić information content (AvgIpc) is 1.86. The van der Waals surface area contributed by atoms with Crippen LogP contribution >= 0.6 is 0 Å². The molecule has 1 aliphatic rings. The molecule has 0 saturated heterocycles. The molecule has 0 aromatic heterocycles. The maximum absolute atomic E-state index is 2.97. The molecule has 1 heterocycles. The topological polar surface area (TPSA) is 14.0 Å². The molecule has 0 fully saturated rings. The summed E-state index contributed by atoms with van der Waals surface area (Å²) in [4.78, 5) is 2.85. The third-order valence-corrected chi connectivity index (χ3v) is 1.51. The molecule has 0 unspecified atom stereocenters. The van der Waals surface area contributed by atoms with E-state index in [1.807, 2.05) is 24.4 Å². The van der Waals surface area contributed by atoms with Gasteiger partial charge < -0.3 is 0 Å². The maximum atomic E-state index is 2.97. The maximum Gasteiger partial charge on any atom is 0.157 e. The van der Waals surface area contributed by atoms with Crippen molar-refractivity contribution in [3.05, 3.63) is 42.1 Å². The lowest BCUT2D eigenvalue weighted by Crippen LogP contribution is -2.67. The van der Waals surface area contributed by atoms with Crippen LogP contribution in [-0.4, -0.2) is 6.21 Å². The van der Waals surface area contributed by atoms with Gasteiger partial charge in [-0.3, -0.25) is 4.99 Å². The number of nitrogens with one attached hydrogen (secondary N) is 1. The number of benzene rings is 1. The second-order valence-electron chi connectivity index (χ2n) is 2.19. The summed E-state index contributed by atoms with van der Waals surface area (Å²) in [6, 6.07) is 10.2. The normalized spacial score (nSPS) is 14.2. The Kier molecular flexibility index (Phi) is 1.14. The molecule has 1 aromatic carbocycles. The van der Waals surface area contributed by atoms with Gasteiger partial charge in [-0.25, -0.2) is 0 Å². The Morgan fingerprint density at radius 2 is 1.80 bits per heavy atom. The molecule has 0 aliphatic carbocycles. The summed E-state index contributed by atoms with van der Waals surface area (Å²) in [6.07, 6.45) is 4.91. The zero-order chi connectivity index (χ0) is 6.81. The molecule has 2 rings (SSSR count). The molecule has 1 nitrogen and oxygen atoms in total. The number of allylic oxidation sites excluding steroid dienone is 1. The summed E-state index contributed by atoms with van der Waals surface area (Å²) in [6.45, 7) is 0. The Hall–Kier alpha value is -1.37. The minimum atomic E-state index is 1.15. The Labute approximate surface area is 59.7 Å². The van der Waals surface area contributed by atoms with E-state index in [0.717, 1.165) is 5.57 Å². The highest BCUT2D eigenvalue weighted by Gasteiger charge is 1.99. The highest BCUT2D eigenvalue weighted by molar-refractivity contribution is 6.09. The van der Waals surface area contributed by atoms with Crippen molar-refractivity contribution in [3.8, 4) is 0 Å². The fraction of sp³-hybridized carbons (Fsp3) is 0. The van der Waals surface area contributed by atoms with Crippen molar-refractivity contribution in [2.24, 2.45) is 0 Å². The van der Waals surface area contributed by atoms with Gasteiger partial charge in [0, 0.05) is 0 Å². The third kappa shape index (κ3) is 0.760. The molecule has 1 aromatic rings. The molecule has 0 spiro atoms. The molecule has 0 amide bonds. The molecular weight excluding hydrogens is 122 g/mol. The third-order valence-electron chi connectivity index (χ3n) is 1.51. The fourth-order valence-electron chi connectivity index (χ4n) is 0.918. The predicted molar refractivity (Wildman–Crippen MR) is 40.4 cm³/mol. The van der Waals surface area contributed by atoms with Crippen LogP contribution in [0.2, 0.25) is 0 Å². The molecule has 0 saturated carbocycles. The van der Waals surface area contributed by atoms with Crippen LogP contribution in [0.3, 0.4) is 0 Å². The summed E-state index contributed by atoms with van der Waals surface area (Å²) >= 11 is 0. The Balaban J connectivity index is 2.35. The van der Waals surface area contributed by atoms with Crippen molar-refractivity contribution in [1.82, 2.24) is 0 Å². The van der Waals surface area contributed by atoms with Gasteiger partial charge in [0.25, 0.3) is 0 Å². The van der Waals surface area contributed by atoms with Crippen LogP contribution in [0.5, 0.6) is 0 Å². The van der Waals surface area contributed by atoms with Crippen LogP contribution in [0.15, 0.2) is 36.5 Å². The monoisotopic (exact) mass is 129 g/mol. The van der Waals surface area contributed by atoms with Gasteiger partial charge in [0.1, 0.15) is 0 Å². The lowest BCUT2D eigenvalue weighted by atomic mass is 10.1. The molecule has 48 valence electrons. The van der Waals surface area contributed by atoms with E-state index in [9.17, 15) is 0 Å². The van der Waals surface area contributed by atoms with Crippen molar-refractivity contribution in [2.75, 3.05) is 0 Å². The van der Waals surface area contributed by atoms with E-state index >= 15 is 0 Å². The summed E-state index contributed by atoms with van der Waals surface area (Å²) in [7, 11) is 0. The lowest BCUT2D eigenvalue weighted by molar-refractivity contribution is -0.374. The van der Waals surface area contributed by atoms with Gasteiger partial charge in [-0.2, -0.15) is 0 Å². The highest BCUT2D eigenvalue weighted by atomic mass is 14.7. The van der Waals surface area contributed by atoms with Gasteiger partial charge in [0.05, 0.1) is 6.20 Å². The molecule has 1 aliphatic heterocycles. The standard InChI is InChI=1S/C9H7N/c1-2-4-8(5-3-1)9-6-10-7-9/h1-6,10H. The van der Waals surface area contributed by atoms with Crippen LogP contribution in [0.4, 0.5) is 0 Å². The highest BCUT2D eigenvalue weighted by Crippen LogP contribution is 2.09. The van der Waals surface area contributed by atoms with Crippen LogP contribution < -0.4 is 4.99 Å². The van der Waals surface area contributed by atoms with Gasteiger partial charge in [-0.15, -0.1) is 0 Å². The summed E-state index contributed by atoms with van der Waals surface area (Å²) < 4.78 is 0. The van der Waals surface area contributed by atoms with Gasteiger partial charge >= 0.3 is 0 Å². The van der Waals surface area contributed by atoms with Crippen LogP contribution in [0.1, 0.15) is 5.56 Å². The first-order valence-electron chi connectivity index (χ1n) is 3.24. The molecule has 1 heteroatoms. The van der Waals surface area contributed by atoms with Crippen molar-refractivity contribution in [3.63, 3.8) is 0 Å². The summed E-state index contributed by atoms with van der Waals surface area (Å²) in [5, 5.41) is 0. The van der Waals surface area contributed by atoms with E-state index in [2.05, 4.69) is 23.3 Å². The fourth-order valence-corrected chi connectivity index (χ4v) is 0.918. The number of rotatable bonds is 1. The Bertz CT molecular complexity index is 283. The molecular formula is C9H7N. The largest absolute Gasteiger partial charge is 0.294 e. The summed E-state index contributed by atoms with van der Waals surface area (Å²) in [5.74, 6) is 0. The smallest absolute Gasteiger partial charge is 0.157 e. The van der Waals surface area contributed by atoms with Gasteiger partial charge in [0.15, 0.2) is 6.21 Å². The Morgan fingerprint density at radius 1 is 1.10 bits per heavy atom. The number of hydrogen-bond donors (Lipinski definition) is 1. The van der Waals surface area contributed by atoms with E-state index in [4.69, 9.17) is 0 Å². The van der Waals surface area contributed by atoms with Crippen LogP contribution in [-0.2, 0) is 0 Å². The van der Waals surface area contributed by atoms with Gasteiger partial charge in [-0.05, 0) is 5.57 Å². The molecule has 0 radical (unpaired) electrons. The van der Waals surface area contributed by atoms with Crippen LogP contribution in [0.25, 0.3) is 5.57 Å². The van der Waals surface area contributed by atoms with Crippen LogP contribution in [0, 0.1) is 0 Å². The van der Waals surface area contributed by atoms with E-state index in [1.165, 1.54) is 5.56 Å². The first-order chi connectivity index (χ1) is 4.97. The molecule has 1 N–H and O–H groups in total.